The van der Waals surface area contributed by atoms with Crippen LogP contribution in [0.4, 0.5) is 5.82 Å². The highest BCUT2D eigenvalue weighted by atomic mass is 15.3. The second-order valence-electron chi connectivity index (χ2n) is 4.93. The van der Waals surface area contributed by atoms with Crippen molar-refractivity contribution in [1.82, 2.24) is 10.2 Å². The van der Waals surface area contributed by atoms with E-state index in [1.165, 1.54) is 0 Å². The fourth-order valence-corrected chi connectivity index (χ4v) is 2.16. The monoisotopic (exact) mass is 288 g/mol. The van der Waals surface area contributed by atoms with Gasteiger partial charge < -0.3 is 0 Å². The van der Waals surface area contributed by atoms with Crippen LogP contribution in [0.5, 0.6) is 0 Å². The van der Waals surface area contributed by atoms with Crippen molar-refractivity contribution in [1.29, 1.82) is 0 Å². The maximum Gasteiger partial charge on any atom is 0.176 e. The van der Waals surface area contributed by atoms with Gasteiger partial charge >= 0.3 is 0 Å². The van der Waals surface area contributed by atoms with Crippen LogP contribution in [-0.2, 0) is 0 Å². The minimum Gasteiger partial charge on any atom is -0.259 e. The van der Waals surface area contributed by atoms with Gasteiger partial charge in [-0.3, -0.25) is 5.43 Å². The molecule has 3 rings (SSSR count). The molecule has 0 spiro atoms. The van der Waals surface area contributed by atoms with Crippen molar-refractivity contribution in [2.24, 2.45) is 5.10 Å². The minimum absolute atomic E-state index is 0.637. The minimum atomic E-state index is 0.637. The van der Waals surface area contributed by atoms with Crippen LogP contribution < -0.4 is 5.43 Å². The number of fused-ring (bicyclic) bond motifs is 1. The van der Waals surface area contributed by atoms with E-state index in [0.717, 1.165) is 27.6 Å². The summed E-state index contributed by atoms with van der Waals surface area (Å²) in [6.45, 7) is 6.01. The Balaban J connectivity index is 1.85. The Morgan fingerprint density at radius 2 is 1.77 bits per heavy atom. The van der Waals surface area contributed by atoms with Gasteiger partial charge in [-0.05, 0) is 18.1 Å². The van der Waals surface area contributed by atoms with E-state index in [1.807, 2.05) is 61.5 Å². The highest BCUT2D eigenvalue weighted by molar-refractivity contribution is 6.22. The molecular weight excluding hydrogens is 272 g/mol. The molecule has 2 aromatic carbocycles. The first-order valence-electron chi connectivity index (χ1n) is 7.01. The molecule has 4 heteroatoms. The molecule has 0 saturated carbocycles. The van der Waals surface area contributed by atoms with E-state index in [-0.39, 0.29) is 0 Å². The summed E-state index contributed by atoms with van der Waals surface area (Å²) in [5, 5.41) is 14.5. The SMILES string of the molecule is C=C(/C(C)=N\Nc1nncc2ccccc12)c1ccccc1. The maximum atomic E-state index is 4.39. The van der Waals surface area contributed by atoms with E-state index in [4.69, 9.17) is 0 Å². The number of anilines is 1. The lowest BCUT2D eigenvalue weighted by Crippen LogP contribution is -2.02. The van der Waals surface area contributed by atoms with E-state index < -0.39 is 0 Å². The van der Waals surface area contributed by atoms with Gasteiger partial charge in [0, 0.05) is 10.8 Å². The van der Waals surface area contributed by atoms with Crippen molar-refractivity contribution in [3.8, 4) is 0 Å². The molecule has 1 N–H and O–H groups in total. The molecule has 0 aliphatic carbocycles. The third-order valence-corrected chi connectivity index (χ3v) is 3.46. The van der Waals surface area contributed by atoms with E-state index in [0.29, 0.717) is 5.82 Å². The summed E-state index contributed by atoms with van der Waals surface area (Å²) < 4.78 is 0. The van der Waals surface area contributed by atoms with Crippen molar-refractivity contribution < 1.29 is 0 Å². The van der Waals surface area contributed by atoms with Crippen molar-refractivity contribution >= 4 is 27.9 Å². The first-order valence-corrected chi connectivity index (χ1v) is 7.01. The van der Waals surface area contributed by atoms with Crippen LogP contribution in [0.3, 0.4) is 0 Å². The van der Waals surface area contributed by atoms with Gasteiger partial charge in [-0.15, -0.1) is 5.10 Å². The molecule has 0 saturated heterocycles. The fourth-order valence-electron chi connectivity index (χ4n) is 2.16. The number of aromatic nitrogens is 2. The highest BCUT2D eigenvalue weighted by Gasteiger charge is 2.04. The van der Waals surface area contributed by atoms with Gasteiger partial charge in [-0.25, -0.2) is 0 Å². The van der Waals surface area contributed by atoms with Crippen LogP contribution in [0.2, 0.25) is 0 Å². The summed E-state index contributed by atoms with van der Waals surface area (Å²) >= 11 is 0. The smallest absolute Gasteiger partial charge is 0.176 e. The molecule has 108 valence electrons. The first kappa shape index (κ1) is 13.9. The first-order chi connectivity index (χ1) is 10.8. The maximum absolute atomic E-state index is 4.39. The van der Waals surface area contributed by atoms with Crippen molar-refractivity contribution in [3.05, 3.63) is 72.9 Å². The average molecular weight is 288 g/mol. The molecule has 1 heterocycles. The van der Waals surface area contributed by atoms with Crippen molar-refractivity contribution in [2.45, 2.75) is 6.92 Å². The van der Waals surface area contributed by atoms with Crippen molar-refractivity contribution in [2.75, 3.05) is 5.43 Å². The second kappa shape index (κ2) is 6.18. The van der Waals surface area contributed by atoms with Gasteiger partial charge in [0.05, 0.1) is 11.9 Å². The number of benzene rings is 2. The Morgan fingerprint density at radius 1 is 1.05 bits per heavy atom. The highest BCUT2D eigenvalue weighted by Crippen LogP contribution is 2.20. The van der Waals surface area contributed by atoms with Gasteiger partial charge in [0.15, 0.2) is 5.82 Å². The zero-order valence-corrected chi connectivity index (χ0v) is 12.3. The third-order valence-electron chi connectivity index (χ3n) is 3.46. The zero-order valence-electron chi connectivity index (χ0n) is 12.3. The van der Waals surface area contributed by atoms with Crippen LogP contribution in [-0.4, -0.2) is 15.9 Å². The number of hydrogen-bond donors (Lipinski definition) is 1. The second-order valence-corrected chi connectivity index (χ2v) is 4.93. The van der Waals surface area contributed by atoms with Gasteiger partial charge in [-0.1, -0.05) is 61.2 Å². The molecule has 22 heavy (non-hydrogen) atoms. The molecule has 0 aliphatic heterocycles. The predicted octanol–water partition coefficient (Wildman–Crippen LogP) is 4.13. The van der Waals surface area contributed by atoms with Gasteiger partial charge in [0.25, 0.3) is 0 Å². The lowest BCUT2D eigenvalue weighted by Gasteiger charge is -2.07. The van der Waals surface area contributed by atoms with E-state index >= 15 is 0 Å². The quantitative estimate of drug-likeness (QED) is 0.580. The Labute approximate surface area is 129 Å². The van der Waals surface area contributed by atoms with Crippen molar-refractivity contribution in [3.63, 3.8) is 0 Å². The summed E-state index contributed by atoms with van der Waals surface area (Å²) in [6.07, 6.45) is 1.74. The van der Waals surface area contributed by atoms with Crippen LogP contribution in [0.15, 0.2) is 72.5 Å². The zero-order chi connectivity index (χ0) is 15.4. The van der Waals surface area contributed by atoms with Gasteiger partial charge in [-0.2, -0.15) is 10.2 Å². The van der Waals surface area contributed by atoms with E-state index in [9.17, 15) is 0 Å². The third kappa shape index (κ3) is 2.86. The van der Waals surface area contributed by atoms with Crippen LogP contribution in [0.1, 0.15) is 12.5 Å². The van der Waals surface area contributed by atoms with Crippen LogP contribution in [0.25, 0.3) is 16.3 Å². The molecule has 4 nitrogen and oxygen atoms in total. The molecule has 0 unspecified atom stereocenters. The average Bonchev–Trinajstić information content (AvgIpc) is 2.59. The van der Waals surface area contributed by atoms with E-state index in [1.54, 1.807) is 6.20 Å². The number of rotatable bonds is 4. The topological polar surface area (TPSA) is 50.2 Å². The summed E-state index contributed by atoms with van der Waals surface area (Å²) in [5.41, 5.74) is 5.72. The molecule has 0 aliphatic rings. The summed E-state index contributed by atoms with van der Waals surface area (Å²) in [6, 6.07) is 17.9. The number of hydrazone groups is 1. The molecule has 0 fully saturated rings. The Kier molecular flexibility index (Phi) is 3.92. The summed E-state index contributed by atoms with van der Waals surface area (Å²) in [7, 11) is 0. The Hall–Kier alpha value is -3.01. The largest absolute Gasteiger partial charge is 0.259 e. The number of allylic oxidation sites excluding steroid dienone is 1. The van der Waals surface area contributed by atoms with Gasteiger partial charge in [0.2, 0.25) is 0 Å². The lowest BCUT2D eigenvalue weighted by molar-refractivity contribution is 1.04. The number of nitrogens with zero attached hydrogens (tertiary/aromatic N) is 3. The fraction of sp³-hybridized carbons (Fsp3) is 0.0556. The summed E-state index contributed by atoms with van der Waals surface area (Å²) in [5.74, 6) is 0.637. The molecule has 1 aromatic heterocycles. The lowest BCUT2D eigenvalue weighted by atomic mass is 10.0. The van der Waals surface area contributed by atoms with E-state index in [2.05, 4.69) is 27.3 Å². The van der Waals surface area contributed by atoms with Crippen LogP contribution in [0, 0.1) is 0 Å². The Bertz CT molecular complexity index is 833. The normalized spacial score (nSPS) is 11.4. The molecule has 0 amide bonds. The number of nitrogens with one attached hydrogen (secondary N) is 1. The predicted molar refractivity (Wildman–Crippen MR) is 91.7 cm³/mol. The Morgan fingerprint density at radius 3 is 2.59 bits per heavy atom. The molecule has 3 aromatic rings. The standard InChI is InChI=1S/C18H16N4/c1-13(15-8-4-3-5-9-15)14(2)20-22-18-17-11-7-6-10-16(17)12-19-21-18/h3-12H,1H2,2H3,(H,21,22)/b20-14-. The molecule has 0 radical (unpaired) electrons. The number of hydrogen-bond acceptors (Lipinski definition) is 4. The van der Waals surface area contributed by atoms with Gasteiger partial charge in [0.1, 0.15) is 0 Å². The molecule has 0 atom stereocenters. The molecule has 0 bridgehead atoms. The summed E-state index contributed by atoms with van der Waals surface area (Å²) in [4.78, 5) is 0. The van der Waals surface area contributed by atoms with Crippen LogP contribution >= 0.6 is 0 Å². The molecular formula is C18H16N4.